The van der Waals surface area contributed by atoms with Crippen molar-refractivity contribution in [2.75, 3.05) is 20.1 Å². The van der Waals surface area contributed by atoms with Gasteiger partial charge in [-0.2, -0.15) is 0 Å². The van der Waals surface area contributed by atoms with Crippen molar-refractivity contribution in [2.45, 2.75) is 32.0 Å². The van der Waals surface area contributed by atoms with Crippen molar-refractivity contribution >= 4 is 0 Å². The highest BCUT2D eigenvalue weighted by molar-refractivity contribution is 5.58. The molecular formula is C22H26N4O. The second-order valence-corrected chi connectivity index (χ2v) is 7.35. The topological polar surface area (TPSA) is 45.4 Å². The molecule has 0 N–H and O–H groups in total. The maximum absolute atomic E-state index is 5.68. The average molecular weight is 362 g/mol. The number of hydrogen-bond acceptors (Lipinski definition) is 5. The number of pyridine rings is 1. The second-order valence-electron chi connectivity index (χ2n) is 7.35. The zero-order valence-electron chi connectivity index (χ0n) is 15.8. The van der Waals surface area contributed by atoms with E-state index in [1.165, 1.54) is 18.4 Å². The van der Waals surface area contributed by atoms with Gasteiger partial charge in [-0.05, 0) is 44.6 Å². The van der Waals surface area contributed by atoms with Gasteiger partial charge in [0.2, 0.25) is 0 Å². The Morgan fingerprint density at radius 3 is 2.63 bits per heavy atom. The summed E-state index contributed by atoms with van der Waals surface area (Å²) in [6.45, 7) is 3.92. The van der Waals surface area contributed by atoms with Crippen LogP contribution in [0.1, 0.15) is 24.2 Å². The fourth-order valence-corrected chi connectivity index (χ4v) is 3.73. The predicted octanol–water partition coefficient (Wildman–Crippen LogP) is 3.83. The normalized spacial score (nSPS) is 16.1. The van der Waals surface area contributed by atoms with Crippen molar-refractivity contribution in [3.8, 4) is 11.3 Å². The van der Waals surface area contributed by atoms with Gasteiger partial charge >= 0.3 is 0 Å². The molecule has 0 saturated carbocycles. The summed E-state index contributed by atoms with van der Waals surface area (Å²) in [5.41, 5.74) is 3.22. The van der Waals surface area contributed by atoms with Crippen LogP contribution in [0.3, 0.4) is 0 Å². The van der Waals surface area contributed by atoms with Crippen LogP contribution < -0.4 is 0 Å². The molecule has 0 radical (unpaired) electrons. The van der Waals surface area contributed by atoms with Gasteiger partial charge in [0.1, 0.15) is 5.69 Å². The van der Waals surface area contributed by atoms with Crippen LogP contribution in [0, 0.1) is 0 Å². The van der Waals surface area contributed by atoms with Crippen molar-refractivity contribution in [1.29, 1.82) is 0 Å². The average Bonchev–Trinajstić information content (AvgIpc) is 3.18. The van der Waals surface area contributed by atoms with E-state index < -0.39 is 0 Å². The molecule has 3 heterocycles. The minimum atomic E-state index is 0.548. The maximum Gasteiger partial charge on any atom is 0.151 e. The molecule has 3 aromatic rings. The zero-order chi connectivity index (χ0) is 18.5. The van der Waals surface area contributed by atoms with Crippen LogP contribution in [0.25, 0.3) is 11.3 Å². The summed E-state index contributed by atoms with van der Waals surface area (Å²) >= 11 is 0. The van der Waals surface area contributed by atoms with E-state index in [0.717, 1.165) is 43.2 Å². The van der Waals surface area contributed by atoms with Gasteiger partial charge in [-0.15, -0.1) is 0 Å². The van der Waals surface area contributed by atoms with Crippen molar-refractivity contribution in [3.63, 3.8) is 0 Å². The third-order valence-corrected chi connectivity index (χ3v) is 5.30. The zero-order valence-corrected chi connectivity index (χ0v) is 15.8. The summed E-state index contributed by atoms with van der Waals surface area (Å²) < 4.78 is 5.68. The van der Waals surface area contributed by atoms with Crippen LogP contribution in [0.4, 0.5) is 0 Å². The number of rotatable bonds is 6. The summed E-state index contributed by atoms with van der Waals surface area (Å²) in [5.74, 6) is 0.914. The van der Waals surface area contributed by atoms with Gasteiger partial charge in [0.05, 0.1) is 6.54 Å². The maximum atomic E-state index is 5.68. The molecule has 0 atom stereocenters. The molecule has 0 unspecified atom stereocenters. The highest BCUT2D eigenvalue weighted by atomic mass is 16.5. The SMILES string of the molecule is CN1CCC(N(Cc2cccnc2)Cc2cc(-c3ccccc3)no2)CC1. The Morgan fingerprint density at radius 1 is 1.07 bits per heavy atom. The van der Waals surface area contributed by atoms with Crippen molar-refractivity contribution in [2.24, 2.45) is 0 Å². The highest BCUT2D eigenvalue weighted by Gasteiger charge is 2.24. The summed E-state index contributed by atoms with van der Waals surface area (Å²) in [4.78, 5) is 9.19. The van der Waals surface area contributed by atoms with E-state index in [4.69, 9.17) is 4.52 Å². The molecule has 1 fully saturated rings. The first-order valence-corrected chi connectivity index (χ1v) is 9.60. The highest BCUT2D eigenvalue weighted by Crippen LogP contribution is 2.23. The number of aromatic nitrogens is 2. The molecule has 2 aromatic heterocycles. The fraction of sp³-hybridized carbons (Fsp3) is 0.364. The Morgan fingerprint density at radius 2 is 1.89 bits per heavy atom. The lowest BCUT2D eigenvalue weighted by molar-refractivity contribution is 0.0987. The van der Waals surface area contributed by atoms with E-state index in [1.54, 1.807) is 0 Å². The third kappa shape index (κ3) is 4.62. The van der Waals surface area contributed by atoms with Crippen molar-refractivity contribution in [3.05, 3.63) is 72.2 Å². The molecule has 5 heteroatoms. The molecule has 4 rings (SSSR count). The Kier molecular flexibility index (Phi) is 5.61. The predicted molar refractivity (Wildman–Crippen MR) is 106 cm³/mol. The smallest absolute Gasteiger partial charge is 0.151 e. The Bertz CT molecular complexity index is 826. The molecule has 0 aliphatic carbocycles. The molecule has 1 aromatic carbocycles. The molecule has 140 valence electrons. The number of hydrogen-bond donors (Lipinski definition) is 0. The Labute approximate surface area is 160 Å². The van der Waals surface area contributed by atoms with Gasteiger partial charge in [-0.25, -0.2) is 0 Å². The number of likely N-dealkylation sites (tertiary alicyclic amines) is 1. The quantitative estimate of drug-likeness (QED) is 0.667. The monoisotopic (exact) mass is 362 g/mol. The number of piperidine rings is 1. The molecule has 27 heavy (non-hydrogen) atoms. The van der Waals surface area contributed by atoms with E-state index in [9.17, 15) is 0 Å². The Balaban J connectivity index is 1.51. The summed E-state index contributed by atoms with van der Waals surface area (Å²) in [5, 5.41) is 4.28. The van der Waals surface area contributed by atoms with Crippen molar-refractivity contribution < 1.29 is 4.52 Å². The lowest BCUT2D eigenvalue weighted by atomic mass is 10.0. The van der Waals surface area contributed by atoms with Gasteiger partial charge in [0.15, 0.2) is 5.76 Å². The molecule has 1 aliphatic rings. The van der Waals surface area contributed by atoms with Crippen LogP contribution >= 0.6 is 0 Å². The van der Waals surface area contributed by atoms with Crippen LogP contribution in [0.2, 0.25) is 0 Å². The lowest BCUT2D eigenvalue weighted by Crippen LogP contribution is -2.43. The molecule has 0 spiro atoms. The van der Waals surface area contributed by atoms with E-state index in [2.05, 4.69) is 51.3 Å². The summed E-state index contributed by atoms with van der Waals surface area (Å²) in [6, 6.07) is 17.0. The Hall–Kier alpha value is -2.50. The van der Waals surface area contributed by atoms with Crippen LogP contribution in [-0.2, 0) is 13.1 Å². The van der Waals surface area contributed by atoms with Crippen LogP contribution in [-0.4, -0.2) is 46.1 Å². The minimum Gasteiger partial charge on any atom is -0.359 e. The van der Waals surface area contributed by atoms with Crippen LogP contribution in [0.5, 0.6) is 0 Å². The lowest BCUT2D eigenvalue weighted by Gasteiger charge is -2.36. The van der Waals surface area contributed by atoms with Gasteiger partial charge in [0, 0.05) is 36.6 Å². The molecule has 1 aliphatic heterocycles. The molecule has 0 amide bonds. The first kappa shape index (κ1) is 17.9. The molecule has 5 nitrogen and oxygen atoms in total. The van der Waals surface area contributed by atoms with E-state index in [-0.39, 0.29) is 0 Å². The first-order chi connectivity index (χ1) is 13.3. The molecule has 0 bridgehead atoms. The standard InChI is InChI=1S/C22H26N4O/c1-25-12-9-20(10-13-25)26(16-18-6-5-11-23-15-18)17-21-14-22(24-27-21)19-7-3-2-4-8-19/h2-8,11,14-15,20H,9-10,12-13,16-17H2,1H3. The fourth-order valence-electron chi connectivity index (χ4n) is 3.73. The number of nitrogens with zero attached hydrogens (tertiary/aromatic N) is 4. The first-order valence-electron chi connectivity index (χ1n) is 9.60. The van der Waals surface area contributed by atoms with Crippen molar-refractivity contribution in [1.82, 2.24) is 19.9 Å². The van der Waals surface area contributed by atoms with E-state index in [0.29, 0.717) is 6.04 Å². The molecule has 1 saturated heterocycles. The molecular weight excluding hydrogens is 336 g/mol. The largest absolute Gasteiger partial charge is 0.359 e. The van der Waals surface area contributed by atoms with E-state index in [1.807, 2.05) is 36.7 Å². The van der Waals surface area contributed by atoms with E-state index >= 15 is 0 Å². The summed E-state index contributed by atoms with van der Waals surface area (Å²) in [7, 11) is 2.20. The van der Waals surface area contributed by atoms with Gasteiger partial charge in [-0.1, -0.05) is 41.6 Å². The minimum absolute atomic E-state index is 0.548. The summed E-state index contributed by atoms with van der Waals surface area (Å²) in [6.07, 6.45) is 6.14. The van der Waals surface area contributed by atoms with Gasteiger partial charge in [0.25, 0.3) is 0 Å². The van der Waals surface area contributed by atoms with Gasteiger partial charge in [-0.3, -0.25) is 9.88 Å². The number of benzene rings is 1. The second kappa shape index (κ2) is 8.46. The van der Waals surface area contributed by atoms with Gasteiger partial charge < -0.3 is 9.42 Å². The van der Waals surface area contributed by atoms with Crippen LogP contribution in [0.15, 0.2) is 65.4 Å². The third-order valence-electron chi connectivity index (χ3n) is 5.30.